The van der Waals surface area contributed by atoms with E-state index in [4.69, 9.17) is 9.84 Å². The first-order chi connectivity index (χ1) is 9.01. The van der Waals surface area contributed by atoms with Gasteiger partial charge in [-0.3, -0.25) is 9.59 Å². The van der Waals surface area contributed by atoms with Gasteiger partial charge in [0.2, 0.25) is 0 Å². The summed E-state index contributed by atoms with van der Waals surface area (Å²) in [6, 6.07) is 5.15. The van der Waals surface area contributed by atoms with Gasteiger partial charge in [-0.1, -0.05) is 6.92 Å². The number of hydrogen-bond donors (Lipinski definition) is 1. The van der Waals surface area contributed by atoms with Crippen molar-refractivity contribution in [2.45, 2.75) is 26.4 Å². The van der Waals surface area contributed by atoms with Gasteiger partial charge < -0.3 is 14.7 Å². The van der Waals surface area contributed by atoms with Gasteiger partial charge in [0.1, 0.15) is 18.4 Å². The molecule has 1 atom stereocenters. The number of carbonyl (C=O) groups is 2. The molecule has 1 N–H and O–H groups in total. The van der Waals surface area contributed by atoms with Crippen molar-refractivity contribution in [3.63, 3.8) is 0 Å². The van der Waals surface area contributed by atoms with E-state index < -0.39 is 5.97 Å². The second-order valence-corrected chi connectivity index (χ2v) is 4.66. The number of carbonyl (C=O) groups excluding carboxylic acids is 1. The van der Waals surface area contributed by atoms with Crippen LogP contribution in [0.3, 0.4) is 0 Å². The van der Waals surface area contributed by atoms with Gasteiger partial charge in [0.25, 0.3) is 0 Å². The second-order valence-electron chi connectivity index (χ2n) is 4.66. The molecule has 1 unspecified atom stereocenters. The van der Waals surface area contributed by atoms with Crippen LogP contribution in [-0.4, -0.2) is 36.1 Å². The summed E-state index contributed by atoms with van der Waals surface area (Å²) in [5.74, 6) is -0.295. The van der Waals surface area contributed by atoms with E-state index in [1.807, 2.05) is 6.92 Å². The number of Topliss-reactive ketones (excluding diaryl/α,β-unsaturated/α-hetero) is 1. The van der Waals surface area contributed by atoms with Crippen LogP contribution >= 0.6 is 0 Å². The number of aliphatic carboxylic acids is 1. The fraction of sp³-hybridized carbons (Fsp3) is 0.429. The Hall–Kier alpha value is -2.04. The number of ketones is 1. The highest BCUT2D eigenvalue weighted by atomic mass is 16.5. The summed E-state index contributed by atoms with van der Waals surface area (Å²) in [4.78, 5) is 24.1. The van der Waals surface area contributed by atoms with E-state index in [9.17, 15) is 9.59 Å². The lowest BCUT2D eigenvalue weighted by atomic mass is 10.1. The zero-order valence-electron chi connectivity index (χ0n) is 11.0. The van der Waals surface area contributed by atoms with Crippen LogP contribution in [0.2, 0.25) is 0 Å². The van der Waals surface area contributed by atoms with Crippen LogP contribution in [-0.2, 0) is 4.79 Å². The number of carboxylic acid groups (broad SMARTS) is 1. The van der Waals surface area contributed by atoms with Gasteiger partial charge in [-0.05, 0) is 31.5 Å². The lowest BCUT2D eigenvalue weighted by Gasteiger charge is -2.35. The zero-order valence-corrected chi connectivity index (χ0v) is 11.0. The molecule has 0 saturated carbocycles. The molecule has 1 aliphatic heterocycles. The first-order valence-corrected chi connectivity index (χ1v) is 6.29. The molecule has 0 aliphatic carbocycles. The standard InChI is InChI=1S/C14H17NO4/c1-3-11-7-15(8-14(17)18)12-6-10(9(2)16)4-5-13(12)19-11/h4-6,11H,3,7-8H2,1-2H3,(H,17,18). The normalized spacial score (nSPS) is 17.6. The van der Waals surface area contributed by atoms with E-state index in [1.54, 1.807) is 23.1 Å². The van der Waals surface area contributed by atoms with Gasteiger partial charge in [-0.2, -0.15) is 0 Å². The van der Waals surface area contributed by atoms with E-state index in [0.717, 1.165) is 6.42 Å². The Morgan fingerprint density at radius 1 is 1.47 bits per heavy atom. The minimum atomic E-state index is -0.893. The number of nitrogens with zero attached hydrogens (tertiary/aromatic N) is 1. The number of ether oxygens (including phenoxy) is 1. The summed E-state index contributed by atoms with van der Waals surface area (Å²) < 4.78 is 5.78. The summed E-state index contributed by atoms with van der Waals surface area (Å²) in [5, 5.41) is 8.98. The lowest BCUT2D eigenvalue weighted by Crippen LogP contribution is -2.42. The van der Waals surface area contributed by atoms with Gasteiger partial charge in [0, 0.05) is 5.56 Å². The highest BCUT2D eigenvalue weighted by molar-refractivity contribution is 5.95. The number of fused-ring (bicyclic) bond motifs is 1. The monoisotopic (exact) mass is 263 g/mol. The minimum Gasteiger partial charge on any atom is -0.486 e. The van der Waals surface area contributed by atoms with E-state index in [1.165, 1.54) is 6.92 Å². The summed E-state index contributed by atoms with van der Waals surface area (Å²) in [5.41, 5.74) is 1.24. The average molecular weight is 263 g/mol. The van der Waals surface area contributed by atoms with Crippen LogP contribution in [0, 0.1) is 0 Å². The maximum Gasteiger partial charge on any atom is 0.323 e. The van der Waals surface area contributed by atoms with Crippen LogP contribution in [0.4, 0.5) is 5.69 Å². The molecule has 0 spiro atoms. The van der Waals surface area contributed by atoms with Crippen LogP contribution in [0.1, 0.15) is 30.6 Å². The minimum absolute atomic E-state index is 0.0185. The molecule has 0 radical (unpaired) electrons. The van der Waals surface area contributed by atoms with E-state index in [2.05, 4.69) is 0 Å². The number of anilines is 1. The van der Waals surface area contributed by atoms with Crippen LogP contribution in [0.15, 0.2) is 18.2 Å². The van der Waals surface area contributed by atoms with Crippen LogP contribution < -0.4 is 9.64 Å². The lowest BCUT2D eigenvalue weighted by molar-refractivity contribution is -0.135. The summed E-state index contributed by atoms with van der Waals surface area (Å²) in [6.45, 7) is 3.92. The first-order valence-electron chi connectivity index (χ1n) is 6.29. The summed E-state index contributed by atoms with van der Waals surface area (Å²) >= 11 is 0. The van der Waals surface area contributed by atoms with Gasteiger partial charge in [-0.15, -0.1) is 0 Å². The maximum atomic E-state index is 11.4. The van der Waals surface area contributed by atoms with Gasteiger partial charge in [0.05, 0.1) is 12.2 Å². The number of rotatable bonds is 4. The molecule has 5 heteroatoms. The van der Waals surface area contributed by atoms with E-state index in [0.29, 0.717) is 23.5 Å². The van der Waals surface area contributed by atoms with E-state index in [-0.39, 0.29) is 18.4 Å². The Kier molecular flexibility index (Phi) is 3.74. The molecular weight excluding hydrogens is 246 g/mol. The quantitative estimate of drug-likeness (QED) is 0.841. The molecule has 0 fully saturated rings. The molecule has 0 aromatic heterocycles. The topological polar surface area (TPSA) is 66.8 Å². The molecule has 1 aromatic rings. The van der Waals surface area contributed by atoms with Crippen molar-refractivity contribution >= 4 is 17.4 Å². The molecule has 0 saturated heterocycles. The summed E-state index contributed by atoms with van der Waals surface area (Å²) in [7, 11) is 0. The predicted octanol–water partition coefficient (Wildman–Crippen LogP) is 1.95. The highest BCUT2D eigenvalue weighted by Crippen LogP contribution is 2.34. The largest absolute Gasteiger partial charge is 0.486 e. The molecule has 1 heterocycles. The van der Waals surface area contributed by atoms with Crippen molar-refractivity contribution in [2.75, 3.05) is 18.0 Å². The second kappa shape index (κ2) is 5.30. The Morgan fingerprint density at radius 2 is 2.21 bits per heavy atom. The Labute approximate surface area is 111 Å². The average Bonchev–Trinajstić information content (AvgIpc) is 2.37. The maximum absolute atomic E-state index is 11.4. The molecule has 19 heavy (non-hydrogen) atoms. The Balaban J connectivity index is 2.39. The van der Waals surface area contributed by atoms with Gasteiger partial charge in [-0.25, -0.2) is 0 Å². The van der Waals surface area contributed by atoms with Crippen molar-refractivity contribution in [2.24, 2.45) is 0 Å². The molecule has 1 aliphatic rings. The van der Waals surface area contributed by atoms with Crippen molar-refractivity contribution in [3.05, 3.63) is 23.8 Å². The molecule has 5 nitrogen and oxygen atoms in total. The van der Waals surface area contributed by atoms with Crippen molar-refractivity contribution < 1.29 is 19.4 Å². The smallest absolute Gasteiger partial charge is 0.323 e. The zero-order chi connectivity index (χ0) is 14.0. The summed E-state index contributed by atoms with van der Waals surface area (Å²) in [6.07, 6.45) is 0.791. The SMILES string of the molecule is CCC1CN(CC(=O)O)c2cc(C(C)=O)ccc2O1. The Bertz CT molecular complexity index is 512. The van der Waals surface area contributed by atoms with Gasteiger partial charge >= 0.3 is 5.97 Å². The molecule has 102 valence electrons. The molecule has 1 aromatic carbocycles. The molecule has 0 amide bonds. The Morgan fingerprint density at radius 3 is 2.79 bits per heavy atom. The third-order valence-electron chi connectivity index (χ3n) is 3.21. The third kappa shape index (κ3) is 2.86. The van der Waals surface area contributed by atoms with Gasteiger partial charge in [0.15, 0.2) is 5.78 Å². The number of benzene rings is 1. The first kappa shape index (κ1) is 13.4. The third-order valence-corrected chi connectivity index (χ3v) is 3.21. The molecule has 2 rings (SSSR count). The fourth-order valence-corrected chi connectivity index (χ4v) is 2.17. The van der Waals surface area contributed by atoms with Crippen LogP contribution in [0.25, 0.3) is 0 Å². The number of carboxylic acids is 1. The van der Waals surface area contributed by atoms with E-state index >= 15 is 0 Å². The molecule has 0 bridgehead atoms. The molecular formula is C14H17NO4. The van der Waals surface area contributed by atoms with Crippen LogP contribution in [0.5, 0.6) is 5.75 Å². The predicted molar refractivity (Wildman–Crippen MR) is 71.0 cm³/mol. The van der Waals surface area contributed by atoms with Crippen molar-refractivity contribution in [1.82, 2.24) is 0 Å². The number of hydrogen-bond acceptors (Lipinski definition) is 4. The highest BCUT2D eigenvalue weighted by Gasteiger charge is 2.26. The fourth-order valence-electron chi connectivity index (χ4n) is 2.17. The van der Waals surface area contributed by atoms with Crippen molar-refractivity contribution in [3.8, 4) is 5.75 Å². The van der Waals surface area contributed by atoms with Crippen molar-refractivity contribution in [1.29, 1.82) is 0 Å².